The topological polar surface area (TPSA) is 40.5 Å². The van der Waals surface area contributed by atoms with Crippen molar-refractivity contribution in [3.05, 3.63) is 29.3 Å². The molecule has 0 aromatic heterocycles. The molecule has 0 unspecified atom stereocenters. The summed E-state index contributed by atoms with van der Waals surface area (Å²) in [5.41, 5.74) is 2.91. The number of aliphatic hydroxyl groups is 1. The lowest BCUT2D eigenvalue weighted by atomic mass is 10.0. The van der Waals surface area contributed by atoms with Crippen LogP contribution in [0.5, 0.6) is 0 Å². The SMILES string of the molecule is Cc1cc(N2CCC(O)CC2)ccc1C=O. The van der Waals surface area contributed by atoms with Crippen LogP contribution in [0.25, 0.3) is 0 Å². The summed E-state index contributed by atoms with van der Waals surface area (Å²) < 4.78 is 0. The molecule has 1 saturated heterocycles. The Morgan fingerprint density at radius 1 is 1.38 bits per heavy atom. The van der Waals surface area contributed by atoms with Crippen molar-refractivity contribution in [3.63, 3.8) is 0 Å². The molecule has 2 rings (SSSR count). The number of benzene rings is 1. The molecule has 1 aliphatic rings. The molecule has 1 N–H and O–H groups in total. The van der Waals surface area contributed by atoms with Crippen molar-refractivity contribution in [2.75, 3.05) is 18.0 Å². The Labute approximate surface area is 95.7 Å². The number of aryl methyl sites for hydroxylation is 1. The third-order valence-electron chi connectivity index (χ3n) is 3.21. The summed E-state index contributed by atoms with van der Waals surface area (Å²) in [6.45, 7) is 3.73. The van der Waals surface area contributed by atoms with E-state index in [1.165, 1.54) is 0 Å². The van der Waals surface area contributed by atoms with Gasteiger partial charge in [0.1, 0.15) is 6.29 Å². The molecule has 3 heteroatoms. The number of piperidine rings is 1. The van der Waals surface area contributed by atoms with Gasteiger partial charge < -0.3 is 10.0 Å². The maximum absolute atomic E-state index is 10.7. The van der Waals surface area contributed by atoms with Crippen LogP contribution < -0.4 is 4.90 Å². The molecule has 0 saturated carbocycles. The molecule has 1 fully saturated rings. The molecular formula is C13H17NO2. The van der Waals surface area contributed by atoms with E-state index in [1.54, 1.807) is 0 Å². The summed E-state index contributed by atoms with van der Waals surface area (Å²) in [5.74, 6) is 0. The van der Waals surface area contributed by atoms with Crippen LogP contribution in [0.15, 0.2) is 18.2 Å². The first-order chi connectivity index (χ1) is 7.70. The van der Waals surface area contributed by atoms with Gasteiger partial charge in [-0.25, -0.2) is 0 Å². The predicted octanol–water partition coefficient (Wildman–Crippen LogP) is 1.77. The molecule has 0 spiro atoms. The Morgan fingerprint density at radius 2 is 2.06 bits per heavy atom. The average Bonchev–Trinajstić information content (AvgIpc) is 2.30. The predicted molar refractivity (Wildman–Crippen MR) is 64.0 cm³/mol. The number of anilines is 1. The molecule has 0 amide bonds. The van der Waals surface area contributed by atoms with E-state index in [0.29, 0.717) is 0 Å². The van der Waals surface area contributed by atoms with Gasteiger partial charge in [0, 0.05) is 24.3 Å². The number of aldehydes is 1. The monoisotopic (exact) mass is 219 g/mol. The molecule has 0 aliphatic carbocycles. The first-order valence-electron chi connectivity index (χ1n) is 5.69. The van der Waals surface area contributed by atoms with Gasteiger partial charge in [0.2, 0.25) is 0 Å². The summed E-state index contributed by atoms with van der Waals surface area (Å²) in [4.78, 5) is 13.0. The lowest BCUT2D eigenvalue weighted by molar-refractivity contribution is 0.112. The van der Waals surface area contributed by atoms with Crippen LogP contribution in [-0.4, -0.2) is 30.6 Å². The summed E-state index contributed by atoms with van der Waals surface area (Å²) in [6, 6.07) is 5.89. The molecular weight excluding hydrogens is 202 g/mol. The molecule has 1 aromatic rings. The first-order valence-corrected chi connectivity index (χ1v) is 5.69. The number of carbonyl (C=O) groups is 1. The van der Waals surface area contributed by atoms with Crippen LogP contribution in [0.2, 0.25) is 0 Å². The van der Waals surface area contributed by atoms with E-state index in [9.17, 15) is 9.90 Å². The lowest BCUT2D eigenvalue weighted by Crippen LogP contribution is -2.35. The first kappa shape index (κ1) is 11.1. The number of hydrogen-bond donors (Lipinski definition) is 1. The van der Waals surface area contributed by atoms with Crippen LogP contribution in [0, 0.1) is 6.92 Å². The molecule has 86 valence electrons. The summed E-state index contributed by atoms with van der Waals surface area (Å²) in [5, 5.41) is 9.44. The molecule has 1 aliphatic heterocycles. The molecule has 0 atom stereocenters. The van der Waals surface area contributed by atoms with Crippen molar-refractivity contribution in [3.8, 4) is 0 Å². The number of aliphatic hydroxyl groups excluding tert-OH is 1. The largest absolute Gasteiger partial charge is 0.393 e. The third kappa shape index (κ3) is 2.25. The van der Waals surface area contributed by atoms with Gasteiger partial charge in [0.15, 0.2) is 0 Å². The number of hydrogen-bond acceptors (Lipinski definition) is 3. The number of carbonyl (C=O) groups excluding carboxylic acids is 1. The van der Waals surface area contributed by atoms with Crippen molar-refractivity contribution in [2.45, 2.75) is 25.9 Å². The maximum atomic E-state index is 10.7. The fourth-order valence-corrected chi connectivity index (χ4v) is 2.11. The van der Waals surface area contributed by atoms with Gasteiger partial charge in [-0.15, -0.1) is 0 Å². The minimum atomic E-state index is -0.147. The van der Waals surface area contributed by atoms with E-state index >= 15 is 0 Å². The van der Waals surface area contributed by atoms with Gasteiger partial charge in [0.25, 0.3) is 0 Å². The van der Waals surface area contributed by atoms with Crippen LogP contribution >= 0.6 is 0 Å². The molecule has 16 heavy (non-hydrogen) atoms. The van der Waals surface area contributed by atoms with Gasteiger partial charge >= 0.3 is 0 Å². The summed E-state index contributed by atoms with van der Waals surface area (Å²) in [6.07, 6.45) is 2.40. The Morgan fingerprint density at radius 3 is 2.62 bits per heavy atom. The van der Waals surface area contributed by atoms with E-state index in [4.69, 9.17) is 0 Å². The zero-order valence-electron chi connectivity index (χ0n) is 9.52. The van der Waals surface area contributed by atoms with Gasteiger partial charge in [-0.1, -0.05) is 0 Å². The average molecular weight is 219 g/mol. The second-order valence-electron chi connectivity index (χ2n) is 4.38. The highest BCUT2D eigenvalue weighted by Gasteiger charge is 2.17. The zero-order chi connectivity index (χ0) is 11.5. The molecule has 1 aromatic carbocycles. The Hall–Kier alpha value is -1.35. The quantitative estimate of drug-likeness (QED) is 0.771. The van der Waals surface area contributed by atoms with Crippen molar-refractivity contribution in [1.82, 2.24) is 0 Å². The highest BCUT2D eigenvalue weighted by molar-refractivity contribution is 5.78. The lowest BCUT2D eigenvalue weighted by Gasteiger charge is -2.31. The fourth-order valence-electron chi connectivity index (χ4n) is 2.11. The maximum Gasteiger partial charge on any atom is 0.150 e. The molecule has 1 heterocycles. The highest BCUT2D eigenvalue weighted by atomic mass is 16.3. The Kier molecular flexibility index (Phi) is 3.25. The van der Waals surface area contributed by atoms with Gasteiger partial charge in [-0.05, 0) is 43.5 Å². The Balaban J connectivity index is 2.15. The number of rotatable bonds is 2. The van der Waals surface area contributed by atoms with Gasteiger partial charge in [-0.2, -0.15) is 0 Å². The van der Waals surface area contributed by atoms with Crippen molar-refractivity contribution >= 4 is 12.0 Å². The molecule has 3 nitrogen and oxygen atoms in total. The van der Waals surface area contributed by atoms with Crippen LogP contribution in [0.3, 0.4) is 0 Å². The second kappa shape index (κ2) is 4.66. The van der Waals surface area contributed by atoms with Crippen molar-refractivity contribution in [1.29, 1.82) is 0 Å². The number of nitrogens with zero attached hydrogens (tertiary/aromatic N) is 1. The van der Waals surface area contributed by atoms with Gasteiger partial charge in [0.05, 0.1) is 6.10 Å². The van der Waals surface area contributed by atoms with Crippen molar-refractivity contribution < 1.29 is 9.90 Å². The van der Waals surface area contributed by atoms with E-state index in [-0.39, 0.29) is 6.10 Å². The standard InChI is InChI=1S/C13H17NO2/c1-10-8-12(3-2-11(10)9-15)14-6-4-13(16)5-7-14/h2-3,8-9,13,16H,4-7H2,1H3. The minimum absolute atomic E-state index is 0.147. The van der Waals surface area contributed by atoms with E-state index in [0.717, 1.165) is 49.0 Å². The fraction of sp³-hybridized carbons (Fsp3) is 0.462. The minimum Gasteiger partial charge on any atom is -0.393 e. The smallest absolute Gasteiger partial charge is 0.150 e. The molecule has 0 radical (unpaired) electrons. The summed E-state index contributed by atoms with van der Waals surface area (Å²) >= 11 is 0. The third-order valence-corrected chi connectivity index (χ3v) is 3.21. The Bertz CT molecular complexity index is 382. The van der Waals surface area contributed by atoms with Crippen LogP contribution in [-0.2, 0) is 0 Å². The normalized spacial score (nSPS) is 17.5. The second-order valence-corrected chi connectivity index (χ2v) is 4.38. The van der Waals surface area contributed by atoms with Crippen LogP contribution in [0.4, 0.5) is 5.69 Å². The summed E-state index contributed by atoms with van der Waals surface area (Å²) in [7, 11) is 0. The van der Waals surface area contributed by atoms with E-state index in [2.05, 4.69) is 4.90 Å². The molecule has 0 bridgehead atoms. The highest BCUT2D eigenvalue weighted by Crippen LogP contribution is 2.22. The van der Waals surface area contributed by atoms with E-state index in [1.807, 2.05) is 25.1 Å². The van der Waals surface area contributed by atoms with E-state index < -0.39 is 0 Å². The van der Waals surface area contributed by atoms with Crippen molar-refractivity contribution in [2.24, 2.45) is 0 Å². The van der Waals surface area contributed by atoms with Crippen LogP contribution in [0.1, 0.15) is 28.8 Å². The van der Waals surface area contributed by atoms with Gasteiger partial charge in [-0.3, -0.25) is 4.79 Å². The zero-order valence-corrected chi connectivity index (χ0v) is 9.52.